The lowest BCUT2D eigenvalue weighted by Crippen LogP contribution is -2.48. The molecule has 3 rings (SSSR count). The van der Waals surface area contributed by atoms with Gasteiger partial charge in [-0.2, -0.15) is 17.6 Å². The van der Waals surface area contributed by atoms with E-state index >= 15 is 8.78 Å². The van der Waals surface area contributed by atoms with Crippen LogP contribution in [0.5, 0.6) is 0 Å². The lowest BCUT2D eigenvalue weighted by molar-refractivity contribution is -0.207. The minimum atomic E-state index is -4.24. The van der Waals surface area contributed by atoms with E-state index in [1.54, 1.807) is 0 Å². The first-order valence-electron chi connectivity index (χ1n) is 8.25. The fraction of sp³-hybridized carbons (Fsp3) is 0.294. The van der Waals surface area contributed by atoms with Crippen LogP contribution >= 0.6 is 0 Å². The maximum absolute atomic E-state index is 15.4. The van der Waals surface area contributed by atoms with E-state index in [0.717, 1.165) is 29.3 Å². The van der Waals surface area contributed by atoms with Crippen LogP contribution in [0.3, 0.4) is 0 Å². The van der Waals surface area contributed by atoms with E-state index in [1.165, 1.54) is 0 Å². The molecule has 7 nitrogen and oxygen atoms in total. The Balaban J connectivity index is 2.03. The number of halogens is 6. The highest BCUT2D eigenvalue weighted by molar-refractivity contribution is 5.31. The number of aromatic nitrogens is 5. The summed E-state index contributed by atoms with van der Waals surface area (Å²) in [6, 6.07) is 3.53. The molecule has 0 amide bonds. The van der Waals surface area contributed by atoms with Gasteiger partial charge in [0, 0.05) is 17.8 Å². The Morgan fingerprint density at radius 2 is 1.90 bits per heavy atom. The second kappa shape index (κ2) is 8.36. The van der Waals surface area contributed by atoms with Crippen LogP contribution in [0.1, 0.15) is 16.8 Å². The molecule has 0 unspecified atom stereocenters. The predicted octanol–water partition coefficient (Wildman–Crippen LogP) is 2.77. The van der Waals surface area contributed by atoms with E-state index < -0.39 is 54.2 Å². The van der Waals surface area contributed by atoms with E-state index in [2.05, 4.69) is 25.2 Å². The van der Waals surface area contributed by atoms with Crippen LogP contribution in [0.2, 0.25) is 0 Å². The van der Waals surface area contributed by atoms with Crippen LogP contribution in [-0.2, 0) is 29.4 Å². The molecule has 0 aliphatic carbocycles. The molecule has 1 atom stereocenters. The molecule has 0 bridgehead atoms. The zero-order valence-electron chi connectivity index (χ0n) is 14.9. The van der Waals surface area contributed by atoms with Gasteiger partial charge >= 0.3 is 12.5 Å². The highest BCUT2D eigenvalue weighted by Crippen LogP contribution is 2.46. The summed E-state index contributed by atoms with van der Waals surface area (Å²) in [6.07, 6.45) is 1.77. The Morgan fingerprint density at radius 1 is 1.13 bits per heavy atom. The first-order valence-corrected chi connectivity index (χ1v) is 8.25. The molecule has 0 saturated carbocycles. The summed E-state index contributed by atoms with van der Waals surface area (Å²) in [5, 5.41) is 20.9. The van der Waals surface area contributed by atoms with Crippen LogP contribution < -0.4 is 0 Å². The van der Waals surface area contributed by atoms with E-state index in [0.29, 0.717) is 18.2 Å². The van der Waals surface area contributed by atoms with Crippen molar-refractivity contribution in [3.05, 3.63) is 71.3 Å². The van der Waals surface area contributed by atoms with Crippen molar-refractivity contribution in [2.24, 2.45) is 0 Å². The molecule has 0 aliphatic heterocycles. The van der Waals surface area contributed by atoms with Gasteiger partial charge in [0.1, 0.15) is 23.7 Å². The Bertz CT molecular complexity index is 987. The second-order valence-corrected chi connectivity index (χ2v) is 6.19. The van der Waals surface area contributed by atoms with Crippen LogP contribution in [-0.4, -0.2) is 36.9 Å². The normalized spacial score (nSPS) is 14.1. The number of hydrogen-bond acceptors (Lipinski definition) is 6. The topological polar surface area (TPSA) is 86.0 Å². The number of nitrogens with zero attached hydrogens (tertiary/aromatic N) is 5. The van der Waals surface area contributed by atoms with Crippen LogP contribution in [0.4, 0.5) is 26.3 Å². The van der Waals surface area contributed by atoms with Gasteiger partial charge in [-0.15, -0.1) is 5.10 Å². The van der Waals surface area contributed by atoms with Crippen molar-refractivity contribution in [3.8, 4) is 0 Å². The minimum Gasteiger partial charge on any atom is -0.377 e. The van der Waals surface area contributed by atoms with Gasteiger partial charge in [-0.05, 0) is 34.2 Å². The third kappa shape index (κ3) is 4.26. The van der Waals surface area contributed by atoms with Crippen molar-refractivity contribution in [1.82, 2.24) is 25.2 Å². The van der Waals surface area contributed by atoms with E-state index in [4.69, 9.17) is 0 Å². The van der Waals surface area contributed by atoms with E-state index in [-0.39, 0.29) is 5.56 Å². The quantitative estimate of drug-likeness (QED) is 0.550. The molecule has 1 N–H and O–H groups in total. The summed E-state index contributed by atoms with van der Waals surface area (Å²) >= 11 is 0. The van der Waals surface area contributed by atoms with Crippen LogP contribution in [0.25, 0.3) is 0 Å². The maximum atomic E-state index is 15.4. The molecule has 0 spiro atoms. The number of benzene rings is 1. The molecule has 0 aliphatic rings. The smallest absolute Gasteiger partial charge is 0.345 e. The summed E-state index contributed by atoms with van der Waals surface area (Å²) in [4.78, 5) is 3.50. The first kappa shape index (κ1) is 21.6. The largest absolute Gasteiger partial charge is 0.377 e. The second-order valence-electron chi connectivity index (χ2n) is 6.19. The van der Waals surface area contributed by atoms with Gasteiger partial charge in [0.2, 0.25) is 0 Å². The molecule has 3 aromatic rings. The number of hydrogen-bond donors (Lipinski definition) is 1. The number of ether oxygens (including phenoxy) is 1. The molecule has 160 valence electrons. The first-order chi connectivity index (χ1) is 14.1. The summed E-state index contributed by atoms with van der Waals surface area (Å²) in [5.41, 5.74) is -5.14. The Labute approximate surface area is 164 Å². The van der Waals surface area contributed by atoms with Crippen molar-refractivity contribution in [3.63, 3.8) is 0 Å². The number of alkyl halides is 4. The van der Waals surface area contributed by atoms with Gasteiger partial charge in [0.05, 0.1) is 13.2 Å². The fourth-order valence-corrected chi connectivity index (χ4v) is 2.73. The Hall–Kier alpha value is -3.06. The van der Waals surface area contributed by atoms with Gasteiger partial charge in [-0.1, -0.05) is 6.07 Å². The summed E-state index contributed by atoms with van der Waals surface area (Å²) in [7, 11) is 0. The molecule has 2 heterocycles. The highest BCUT2D eigenvalue weighted by atomic mass is 19.3. The SMILES string of the molecule is O[C@](Cn1cnnn1)(c1ccc(F)cc1F)C(F)(F)c1ccc(COC(F)F)cn1. The lowest BCUT2D eigenvalue weighted by Gasteiger charge is -2.35. The number of pyridine rings is 1. The van der Waals surface area contributed by atoms with E-state index in [1.807, 2.05) is 0 Å². The molecule has 30 heavy (non-hydrogen) atoms. The third-order valence-corrected chi connectivity index (χ3v) is 4.20. The van der Waals surface area contributed by atoms with Gasteiger partial charge in [-0.25, -0.2) is 13.5 Å². The minimum absolute atomic E-state index is 0.0619. The van der Waals surface area contributed by atoms with Crippen molar-refractivity contribution in [1.29, 1.82) is 0 Å². The Kier molecular flexibility index (Phi) is 6.03. The average molecular weight is 433 g/mol. The van der Waals surface area contributed by atoms with Crippen molar-refractivity contribution in [2.75, 3.05) is 0 Å². The van der Waals surface area contributed by atoms with Gasteiger partial charge in [0.25, 0.3) is 0 Å². The molecule has 0 fully saturated rings. The summed E-state index contributed by atoms with van der Waals surface area (Å²) in [6.45, 7) is -4.65. The van der Waals surface area contributed by atoms with Crippen molar-refractivity contribution < 1.29 is 36.2 Å². The van der Waals surface area contributed by atoms with Crippen LogP contribution in [0, 0.1) is 11.6 Å². The van der Waals surface area contributed by atoms with Crippen molar-refractivity contribution in [2.45, 2.75) is 31.3 Å². The summed E-state index contributed by atoms with van der Waals surface area (Å²) < 4.78 is 87.5. The maximum Gasteiger partial charge on any atom is 0.345 e. The van der Waals surface area contributed by atoms with Gasteiger partial charge in [0.15, 0.2) is 5.60 Å². The molecule has 0 radical (unpaired) electrons. The van der Waals surface area contributed by atoms with Crippen molar-refractivity contribution >= 4 is 0 Å². The van der Waals surface area contributed by atoms with E-state index in [9.17, 15) is 22.7 Å². The van der Waals surface area contributed by atoms with Gasteiger partial charge < -0.3 is 9.84 Å². The highest BCUT2D eigenvalue weighted by Gasteiger charge is 2.57. The molecular formula is C17H13F6N5O2. The molecular weight excluding hydrogens is 420 g/mol. The molecule has 0 saturated heterocycles. The third-order valence-electron chi connectivity index (χ3n) is 4.20. The Morgan fingerprint density at radius 3 is 2.47 bits per heavy atom. The zero-order chi connectivity index (χ0) is 21.9. The predicted molar refractivity (Wildman–Crippen MR) is 87.0 cm³/mol. The summed E-state index contributed by atoms with van der Waals surface area (Å²) in [5.74, 6) is -6.70. The molecule has 1 aromatic carbocycles. The standard InChI is InChI=1S/C17H13F6N5O2/c18-11-2-3-12(13(19)5-11)16(29,8-28-9-25-26-27-28)17(22,23)14-4-1-10(6-24-14)7-30-15(20)21/h1-6,9,15,29H,7-8H2/t16-/m1/s1. The fourth-order valence-electron chi connectivity index (χ4n) is 2.73. The van der Waals surface area contributed by atoms with Crippen LogP contribution in [0.15, 0.2) is 42.9 Å². The lowest BCUT2D eigenvalue weighted by atomic mass is 9.84. The molecule has 2 aromatic heterocycles. The average Bonchev–Trinajstić information content (AvgIpc) is 3.19. The number of tetrazole rings is 1. The zero-order valence-corrected chi connectivity index (χ0v) is 14.9. The number of rotatable bonds is 8. The number of aliphatic hydroxyl groups is 1. The monoisotopic (exact) mass is 433 g/mol. The van der Waals surface area contributed by atoms with Gasteiger partial charge in [-0.3, -0.25) is 4.98 Å². The molecule has 13 heteroatoms.